The Morgan fingerprint density at radius 2 is 1.93 bits per heavy atom. The summed E-state index contributed by atoms with van der Waals surface area (Å²) in [6.07, 6.45) is -3.03. The maximum atomic E-state index is 13.6. The molecule has 1 aromatic carbocycles. The molecule has 3 aliphatic rings. The van der Waals surface area contributed by atoms with Crippen LogP contribution in [-0.4, -0.2) is 63.5 Å². The van der Waals surface area contributed by atoms with E-state index in [4.69, 9.17) is 9.47 Å². The van der Waals surface area contributed by atoms with Crippen LogP contribution in [0.5, 0.6) is 0 Å². The Morgan fingerprint density at radius 1 is 1.22 bits per heavy atom. The molecule has 2 unspecified atom stereocenters. The number of hydrogen-bond donors (Lipinski definition) is 1. The van der Waals surface area contributed by atoms with Crippen LogP contribution < -0.4 is 10.2 Å². The molecule has 0 spiro atoms. The second-order valence-electron chi connectivity index (χ2n) is 7.42. The number of rotatable bonds is 4. The van der Waals surface area contributed by atoms with Crippen LogP contribution in [-0.2, 0) is 16.1 Å². The van der Waals surface area contributed by atoms with Crippen LogP contribution in [0.25, 0.3) is 0 Å². The van der Waals surface area contributed by atoms with E-state index >= 15 is 0 Å². The molecule has 0 saturated carbocycles. The average molecular weight is 381 g/mol. The fourth-order valence-electron chi connectivity index (χ4n) is 4.17. The topological polar surface area (TPSA) is 54.0 Å². The van der Waals surface area contributed by atoms with Crippen molar-refractivity contribution in [2.45, 2.75) is 13.0 Å². The van der Waals surface area contributed by atoms with Crippen molar-refractivity contribution in [3.05, 3.63) is 29.3 Å². The largest absolute Gasteiger partial charge is 0.445 e. The highest BCUT2D eigenvalue weighted by Crippen LogP contribution is 2.30. The lowest BCUT2D eigenvalue weighted by atomic mass is 10.0. The van der Waals surface area contributed by atoms with Gasteiger partial charge in [-0.25, -0.2) is 13.6 Å². The van der Waals surface area contributed by atoms with Crippen LogP contribution in [0.4, 0.5) is 19.3 Å². The zero-order chi connectivity index (χ0) is 18.8. The van der Waals surface area contributed by atoms with E-state index in [0.717, 1.165) is 18.8 Å². The minimum Gasteiger partial charge on any atom is -0.445 e. The number of nitrogens with zero attached hydrogens (tertiary/aromatic N) is 2. The first-order chi connectivity index (χ1) is 13.1. The van der Waals surface area contributed by atoms with Crippen molar-refractivity contribution in [1.29, 1.82) is 0 Å². The van der Waals surface area contributed by atoms with E-state index in [1.54, 1.807) is 11.0 Å². The van der Waals surface area contributed by atoms with E-state index in [1.807, 2.05) is 11.0 Å². The zero-order valence-corrected chi connectivity index (χ0v) is 15.2. The number of amides is 1. The molecule has 3 saturated heterocycles. The van der Waals surface area contributed by atoms with Crippen LogP contribution in [0.3, 0.4) is 0 Å². The molecule has 1 aromatic rings. The van der Waals surface area contributed by atoms with E-state index in [2.05, 4.69) is 5.32 Å². The van der Waals surface area contributed by atoms with Gasteiger partial charge in [-0.3, -0.25) is 0 Å². The number of halogens is 2. The summed E-state index contributed by atoms with van der Waals surface area (Å²) in [6, 6.07) is 4.96. The van der Waals surface area contributed by atoms with Gasteiger partial charge in [0.2, 0.25) is 0 Å². The van der Waals surface area contributed by atoms with Gasteiger partial charge in [0.15, 0.2) is 0 Å². The van der Waals surface area contributed by atoms with Gasteiger partial charge in [0.1, 0.15) is 6.61 Å². The van der Waals surface area contributed by atoms with Gasteiger partial charge in [0.25, 0.3) is 6.43 Å². The number of carbonyl (C=O) groups excluding carboxylic acids is 1. The van der Waals surface area contributed by atoms with Gasteiger partial charge in [0.05, 0.1) is 13.2 Å². The lowest BCUT2D eigenvalue weighted by Gasteiger charge is -2.29. The number of likely N-dealkylation sites (tertiary alicyclic amines) is 1. The predicted molar refractivity (Wildman–Crippen MR) is 96.0 cm³/mol. The van der Waals surface area contributed by atoms with Crippen LogP contribution in [0, 0.1) is 11.8 Å². The number of anilines is 1. The lowest BCUT2D eigenvalue weighted by molar-refractivity contribution is 0.0984. The Hall–Kier alpha value is -1.93. The SMILES string of the molecule is O=C(OCc1ccc(N2CCOCC2)cc1C(F)F)N1CC2CNCC2C1. The Bertz CT molecular complexity index is 670. The summed E-state index contributed by atoms with van der Waals surface area (Å²) in [5.41, 5.74) is 1.04. The van der Waals surface area contributed by atoms with E-state index in [1.165, 1.54) is 6.07 Å². The van der Waals surface area contributed by atoms with E-state index < -0.39 is 12.5 Å². The smallest absolute Gasteiger partial charge is 0.410 e. The second-order valence-corrected chi connectivity index (χ2v) is 7.42. The molecule has 6 nitrogen and oxygen atoms in total. The highest BCUT2D eigenvalue weighted by atomic mass is 19.3. The molecule has 3 fully saturated rings. The summed E-state index contributed by atoms with van der Waals surface area (Å²) in [6.45, 7) is 5.62. The molecule has 1 amide bonds. The van der Waals surface area contributed by atoms with Gasteiger partial charge in [-0.1, -0.05) is 6.07 Å². The average Bonchev–Trinajstić information content (AvgIpc) is 3.29. The number of benzene rings is 1. The van der Waals surface area contributed by atoms with Crippen molar-refractivity contribution < 1.29 is 23.0 Å². The summed E-state index contributed by atoms with van der Waals surface area (Å²) in [5.74, 6) is 0.948. The quantitative estimate of drug-likeness (QED) is 0.867. The first kappa shape index (κ1) is 18.4. The standard InChI is InChI=1S/C19H25F2N3O3/c20-18(21)17-7-16(23-3-5-26-6-4-23)2-1-13(17)12-27-19(25)24-10-14-8-22-9-15(14)11-24/h1-2,7,14-15,18,22H,3-6,8-12H2. The third kappa shape index (κ3) is 4.01. The van der Waals surface area contributed by atoms with Crippen molar-refractivity contribution in [1.82, 2.24) is 10.2 Å². The van der Waals surface area contributed by atoms with Crippen LogP contribution in [0.1, 0.15) is 17.6 Å². The number of hydrogen-bond acceptors (Lipinski definition) is 5. The molecule has 27 heavy (non-hydrogen) atoms. The fraction of sp³-hybridized carbons (Fsp3) is 0.632. The Balaban J connectivity index is 1.39. The van der Waals surface area contributed by atoms with Crippen molar-refractivity contribution in [2.75, 3.05) is 57.4 Å². The van der Waals surface area contributed by atoms with Crippen LogP contribution in [0.2, 0.25) is 0 Å². The number of alkyl halides is 2. The molecule has 4 rings (SSSR count). The normalized spacial score (nSPS) is 25.1. The summed E-state index contributed by atoms with van der Waals surface area (Å²) in [4.78, 5) is 16.0. The number of morpholine rings is 1. The molecule has 0 aromatic heterocycles. The van der Waals surface area contributed by atoms with Gasteiger partial charge in [-0.2, -0.15) is 0 Å². The summed E-state index contributed by atoms with van der Waals surface area (Å²) in [7, 11) is 0. The predicted octanol–water partition coefficient (Wildman–Crippen LogP) is 2.25. The van der Waals surface area contributed by atoms with Gasteiger partial charge < -0.3 is 24.6 Å². The molecule has 0 bridgehead atoms. The van der Waals surface area contributed by atoms with E-state index in [-0.39, 0.29) is 12.2 Å². The van der Waals surface area contributed by atoms with E-state index in [0.29, 0.717) is 56.8 Å². The molecule has 0 radical (unpaired) electrons. The maximum absolute atomic E-state index is 13.6. The molecular weight excluding hydrogens is 356 g/mol. The molecule has 8 heteroatoms. The first-order valence-corrected chi connectivity index (χ1v) is 9.48. The molecule has 0 aliphatic carbocycles. The number of nitrogens with one attached hydrogen (secondary N) is 1. The number of ether oxygens (including phenoxy) is 2. The Kier molecular flexibility index (Phi) is 5.45. The van der Waals surface area contributed by atoms with Crippen molar-refractivity contribution in [3.63, 3.8) is 0 Å². The summed E-state index contributed by atoms with van der Waals surface area (Å²) < 4.78 is 37.8. The molecule has 2 atom stereocenters. The highest BCUT2D eigenvalue weighted by molar-refractivity contribution is 5.68. The summed E-state index contributed by atoms with van der Waals surface area (Å²) in [5, 5.41) is 3.32. The first-order valence-electron chi connectivity index (χ1n) is 9.48. The fourth-order valence-corrected chi connectivity index (χ4v) is 4.17. The van der Waals surface area contributed by atoms with Crippen molar-refractivity contribution >= 4 is 11.8 Å². The maximum Gasteiger partial charge on any atom is 0.410 e. The Labute approximate surface area is 157 Å². The van der Waals surface area contributed by atoms with Gasteiger partial charge in [-0.05, 0) is 29.5 Å². The molecule has 148 valence electrons. The van der Waals surface area contributed by atoms with Crippen LogP contribution in [0.15, 0.2) is 18.2 Å². The lowest BCUT2D eigenvalue weighted by Crippen LogP contribution is -2.36. The zero-order valence-electron chi connectivity index (χ0n) is 15.2. The third-order valence-corrected chi connectivity index (χ3v) is 5.74. The molecular formula is C19H25F2N3O3. The molecule has 1 N–H and O–H groups in total. The minimum atomic E-state index is -2.61. The molecule has 3 aliphatic heterocycles. The summed E-state index contributed by atoms with van der Waals surface area (Å²) >= 11 is 0. The number of fused-ring (bicyclic) bond motifs is 1. The minimum absolute atomic E-state index is 0.0747. The van der Waals surface area contributed by atoms with Crippen LogP contribution >= 0.6 is 0 Å². The van der Waals surface area contributed by atoms with Gasteiger partial charge in [0, 0.05) is 50.5 Å². The van der Waals surface area contributed by atoms with E-state index in [9.17, 15) is 13.6 Å². The third-order valence-electron chi connectivity index (χ3n) is 5.74. The highest BCUT2D eigenvalue weighted by Gasteiger charge is 2.38. The van der Waals surface area contributed by atoms with Crippen molar-refractivity contribution in [3.8, 4) is 0 Å². The van der Waals surface area contributed by atoms with Gasteiger partial charge in [-0.15, -0.1) is 0 Å². The number of carbonyl (C=O) groups is 1. The van der Waals surface area contributed by atoms with Crippen molar-refractivity contribution in [2.24, 2.45) is 11.8 Å². The second kappa shape index (κ2) is 7.98. The monoisotopic (exact) mass is 381 g/mol. The molecule has 3 heterocycles. The van der Waals surface area contributed by atoms with Gasteiger partial charge >= 0.3 is 6.09 Å². The Morgan fingerprint density at radius 3 is 2.59 bits per heavy atom.